The highest BCUT2D eigenvalue weighted by molar-refractivity contribution is 5.79. The van der Waals surface area contributed by atoms with Crippen LogP contribution in [0.4, 0.5) is 0 Å². The number of carbonyl (C=O) groups is 3. The van der Waals surface area contributed by atoms with Crippen molar-refractivity contribution in [2.24, 2.45) is 17.8 Å². The maximum atomic E-state index is 12.7. The molecule has 0 aromatic rings. The molecule has 2 amide bonds. The molecule has 0 aromatic heterocycles. The minimum absolute atomic E-state index is 0.0100. The topological polar surface area (TPSA) is 77.9 Å². The van der Waals surface area contributed by atoms with Gasteiger partial charge in [0.15, 0.2) is 0 Å². The van der Waals surface area contributed by atoms with E-state index in [-0.39, 0.29) is 17.7 Å². The summed E-state index contributed by atoms with van der Waals surface area (Å²) < 4.78 is 0. The fraction of sp³-hybridized carbons (Fsp3) is 0.842. The van der Waals surface area contributed by atoms with Gasteiger partial charge in [-0.3, -0.25) is 14.4 Å². The number of carbonyl (C=O) groups excluding carboxylic acids is 2. The summed E-state index contributed by atoms with van der Waals surface area (Å²) >= 11 is 0. The van der Waals surface area contributed by atoms with E-state index in [1.807, 2.05) is 9.80 Å². The molecule has 2 saturated heterocycles. The van der Waals surface area contributed by atoms with E-state index >= 15 is 0 Å². The van der Waals surface area contributed by atoms with Gasteiger partial charge in [-0.05, 0) is 57.3 Å². The van der Waals surface area contributed by atoms with Crippen LogP contribution in [0.25, 0.3) is 0 Å². The van der Waals surface area contributed by atoms with Gasteiger partial charge in [-0.2, -0.15) is 0 Å². The number of hydrogen-bond donors (Lipinski definition) is 1. The Labute approximate surface area is 149 Å². The minimum Gasteiger partial charge on any atom is -0.481 e. The molecule has 2 heterocycles. The van der Waals surface area contributed by atoms with Crippen molar-refractivity contribution in [2.45, 2.75) is 57.8 Å². The van der Waals surface area contributed by atoms with Crippen LogP contribution in [0.3, 0.4) is 0 Å². The third kappa shape index (κ3) is 4.53. The summed E-state index contributed by atoms with van der Waals surface area (Å²) in [6, 6.07) is 0. The predicted molar refractivity (Wildman–Crippen MR) is 92.8 cm³/mol. The number of amides is 2. The van der Waals surface area contributed by atoms with E-state index in [0.717, 1.165) is 51.9 Å². The Hall–Kier alpha value is -1.59. The van der Waals surface area contributed by atoms with Gasteiger partial charge >= 0.3 is 5.97 Å². The van der Waals surface area contributed by atoms with Crippen molar-refractivity contribution in [1.82, 2.24) is 9.80 Å². The van der Waals surface area contributed by atoms with E-state index in [4.69, 9.17) is 5.11 Å². The second kappa shape index (κ2) is 8.19. The molecule has 1 N–H and O–H groups in total. The van der Waals surface area contributed by atoms with Gasteiger partial charge in [0, 0.05) is 38.5 Å². The van der Waals surface area contributed by atoms with Crippen molar-refractivity contribution in [3.05, 3.63) is 0 Å². The Kier molecular flexibility index (Phi) is 5.97. The van der Waals surface area contributed by atoms with Crippen LogP contribution < -0.4 is 0 Å². The van der Waals surface area contributed by atoms with E-state index in [1.54, 1.807) is 0 Å². The van der Waals surface area contributed by atoms with Gasteiger partial charge in [-0.15, -0.1) is 0 Å². The summed E-state index contributed by atoms with van der Waals surface area (Å²) in [6.07, 6.45) is 7.43. The van der Waals surface area contributed by atoms with Crippen LogP contribution >= 0.6 is 0 Å². The highest BCUT2D eigenvalue weighted by Crippen LogP contribution is 2.31. The summed E-state index contributed by atoms with van der Waals surface area (Å²) in [4.78, 5) is 39.7. The maximum Gasteiger partial charge on any atom is 0.306 e. The van der Waals surface area contributed by atoms with Crippen molar-refractivity contribution < 1.29 is 19.5 Å². The Morgan fingerprint density at radius 3 is 2.16 bits per heavy atom. The molecule has 140 valence electrons. The number of carboxylic acids is 1. The van der Waals surface area contributed by atoms with Crippen LogP contribution in [0.5, 0.6) is 0 Å². The van der Waals surface area contributed by atoms with Crippen LogP contribution in [-0.2, 0) is 14.4 Å². The number of piperidine rings is 2. The molecular weight excluding hydrogens is 320 g/mol. The molecule has 25 heavy (non-hydrogen) atoms. The first-order chi connectivity index (χ1) is 12.0. The minimum atomic E-state index is -0.723. The number of aliphatic carboxylic acids is 1. The number of nitrogens with zero attached hydrogens (tertiary/aromatic N) is 2. The van der Waals surface area contributed by atoms with Crippen LogP contribution in [0, 0.1) is 17.8 Å². The molecule has 6 nitrogen and oxygen atoms in total. The zero-order valence-electron chi connectivity index (χ0n) is 15.0. The van der Waals surface area contributed by atoms with Crippen LogP contribution in [0.15, 0.2) is 0 Å². The van der Waals surface area contributed by atoms with Gasteiger partial charge in [0.1, 0.15) is 0 Å². The van der Waals surface area contributed by atoms with Crippen LogP contribution in [-0.4, -0.2) is 58.9 Å². The molecule has 0 unspecified atom stereocenters. The molecular formula is C19H30N2O4. The average Bonchev–Trinajstić information content (AvgIpc) is 2.64. The van der Waals surface area contributed by atoms with Crippen molar-refractivity contribution in [3.8, 4) is 0 Å². The summed E-state index contributed by atoms with van der Waals surface area (Å²) in [5.74, 6) is 0.0387. The SMILES string of the molecule is O=C(O)C1CCC(C(=O)N2CCC(CN3CCCCC3=O)CC2)CC1. The van der Waals surface area contributed by atoms with Crippen molar-refractivity contribution in [1.29, 1.82) is 0 Å². The Bertz CT molecular complexity index is 506. The van der Waals surface area contributed by atoms with Crippen LogP contribution in [0.2, 0.25) is 0 Å². The quantitative estimate of drug-likeness (QED) is 0.842. The van der Waals surface area contributed by atoms with Gasteiger partial charge in [0.05, 0.1) is 5.92 Å². The lowest BCUT2D eigenvalue weighted by atomic mass is 9.81. The average molecular weight is 350 g/mol. The standard InChI is InChI=1S/C19H30N2O4/c22-17-3-1-2-10-21(17)13-14-8-11-20(12-9-14)18(23)15-4-6-16(7-5-15)19(24)25/h14-16H,1-13H2,(H,24,25). The fourth-order valence-corrected chi connectivity index (χ4v) is 4.55. The lowest BCUT2D eigenvalue weighted by molar-refractivity contribution is -0.146. The Morgan fingerprint density at radius 1 is 0.920 bits per heavy atom. The molecule has 0 radical (unpaired) electrons. The Morgan fingerprint density at radius 2 is 1.56 bits per heavy atom. The molecule has 0 aromatic carbocycles. The van der Waals surface area contributed by atoms with E-state index in [1.165, 1.54) is 0 Å². The van der Waals surface area contributed by atoms with Gasteiger partial charge in [-0.25, -0.2) is 0 Å². The maximum absolute atomic E-state index is 12.7. The number of carboxylic acid groups (broad SMARTS) is 1. The van der Waals surface area contributed by atoms with Crippen molar-refractivity contribution in [3.63, 3.8) is 0 Å². The van der Waals surface area contributed by atoms with E-state index in [2.05, 4.69) is 0 Å². The lowest BCUT2D eigenvalue weighted by Crippen LogP contribution is -2.46. The Balaban J connectivity index is 1.42. The third-order valence-corrected chi connectivity index (χ3v) is 6.25. The highest BCUT2D eigenvalue weighted by atomic mass is 16.4. The van der Waals surface area contributed by atoms with E-state index in [9.17, 15) is 14.4 Å². The summed E-state index contributed by atoms with van der Waals surface area (Å²) in [6.45, 7) is 3.31. The first kappa shape index (κ1) is 18.2. The molecule has 1 aliphatic carbocycles. The summed E-state index contributed by atoms with van der Waals surface area (Å²) in [5, 5.41) is 9.07. The van der Waals surface area contributed by atoms with E-state index < -0.39 is 5.97 Å². The molecule has 3 rings (SSSR count). The zero-order valence-corrected chi connectivity index (χ0v) is 15.0. The fourth-order valence-electron chi connectivity index (χ4n) is 4.55. The van der Waals surface area contributed by atoms with Crippen molar-refractivity contribution in [2.75, 3.05) is 26.2 Å². The first-order valence-corrected chi connectivity index (χ1v) is 9.84. The van der Waals surface area contributed by atoms with Gasteiger partial charge in [-0.1, -0.05) is 0 Å². The van der Waals surface area contributed by atoms with Crippen LogP contribution in [0.1, 0.15) is 57.8 Å². The molecule has 2 aliphatic heterocycles. The summed E-state index contributed by atoms with van der Waals surface area (Å²) in [7, 11) is 0. The molecule has 0 atom stereocenters. The number of rotatable bonds is 4. The predicted octanol–water partition coefficient (Wildman–Crippen LogP) is 2.13. The number of hydrogen-bond acceptors (Lipinski definition) is 3. The highest BCUT2D eigenvalue weighted by Gasteiger charge is 2.34. The summed E-state index contributed by atoms with van der Waals surface area (Å²) in [5.41, 5.74) is 0. The largest absolute Gasteiger partial charge is 0.481 e. The first-order valence-electron chi connectivity index (χ1n) is 9.84. The van der Waals surface area contributed by atoms with Crippen molar-refractivity contribution >= 4 is 17.8 Å². The molecule has 6 heteroatoms. The second-order valence-electron chi connectivity index (χ2n) is 7.95. The van der Waals surface area contributed by atoms with Gasteiger partial charge < -0.3 is 14.9 Å². The molecule has 0 spiro atoms. The molecule has 0 bridgehead atoms. The van der Waals surface area contributed by atoms with E-state index in [0.29, 0.717) is 43.9 Å². The second-order valence-corrected chi connectivity index (χ2v) is 7.95. The molecule has 1 saturated carbocycles. The molecule has 3 fully saturated rings. The lowest BCUT2D eigenvalue weighted by Gasteiger charge is -2.38. The molecule has 3 aliphatic rings. The smallest absolute Gasteiger partial charge is 0.306 e. The zero-order chi connectivity index (χ0) is 17.8. The normalized spacial score (nSPS) is 28.9. The van der Waals surface area contributed by atoms with Gasteiger partial charge in [0.2, 0.25) is 11.8 Å². The number of likely N-dealkylation sites (tertiary alicyclic amines) is 2. The monoisotopic (exact) mass is 350 g/mol. The van der Waals surface area contributed by atoms with Gasteiger partial charge in [0.25, 0.3) is 0 Å². The third-order valence-electron chi connectivity index (χ3n) is 6.25.